The predicted octanol–water partition coefficient (Wildman–Crippen LogP) is 4.46. The van der Waals surface area contributed by atoms with Crippen molar-refractivity contribution in [3.63, 3.8) is 0 Å². The Morgan fingerprint density at radius 3 is 2.32 bits per heavy atom. The molecule has 0 bridgehead atoms. The summed E-state index contributed by atoms with van der Waals surface area (Å²) in [5.41, 5.74) is 1.39. The van der Waals surface area contributed by atoms with E-state index in [0.717, 1.165) is 75.9 Å². The largest absolute Gasteiger partial charge is 0.494 e. The number of halogens is 1. The number of hydrogen-bond acceptors (Lipinski definition) is 3. The van der Waals surface area contributed by atoms with E-state index in [9.17, 15) is 4.79 Å². The first-order valence-corrected chi connectivity index (χ1v) is 10.9. The van der Waals surface area contributed by atoms with E-state index in [1.54, 1.807) is 0 Å². The molecule has 0 aliphatic carbocycles. The molecule has 0 unspecified atom stereocenters. The molecule has 1 amide bonds. The summed E-state index contributed by atoms with van der Waals surface area (Å²) >= 11 is 0. The quantitative estimate of drug-likeness (QED) is 0.690. The van der Waals surface area contributed by atoms with E-state index in [-0.39, 0.29) is 12.4 Å². The van der Waals surface area contributed by atoms with E-state index < -0.39 is 0 Å². The van der Waals surface area contributed by atoms with Crippen LogP contribution in [0.25, 0.3) is 0 Å². The highest BCUT2D eigenvalue weighted by Gasteiger charge is 2.23. The fraction of sp³-hybridized carbons (Fsp3) is 0.696. The summed E-state index contributed by atoms with van der Waals surface area (Å²) in [6, 6.07) is 8.51. The Labute approximate surface area is 176 Å². The molecule has 2 saturated heterocycles. The first-order valence-electron chi connectivity index (χ1n) is 10.9. The van der Waals surface area contributed by atoms with Crippen LogP contribution in [-0.4, -0.2) is 43.6 Å². The Hall–Kier alpha value is -1.26. The van der Waals surface area contributed by atoms with Crippen LogP contribution in [0.15, 0.2) is 24.3 Å². The number of aryl methyl sites for hydroxylation is 1. The molecule has 2 fully saturated rings. The standard InChI is InChI=1S/C23H36N2O2.ClH/c1-2-27-22-8-5-19(6-9-22)3-4-21-13-17-25(18-14-21)23(26)10-7-20-11-15-24-16-12-20;/h5-6,8-9,20-21,24H,2-4,7,10-18H2,1H3;1H. The summed E-state index contributed by atoms with van der Waals surface area (Å²) < 4.78 is 5.51. The molecule has 1 aromatic rings. The average molecular weight is 409 g/mol. The first-order chi connectivity index (χ1) is 13.2. The molecule has 0 atom stereocenters. The molecule has 1 aromatic carbocycles. The smallest absolute Gasteiger partial charge is 0.222 e. The van der Waals surface area contributed by atoms with Gasteiger partial charge in [0, 0.05) is 19.5 Å². The van der Waals surface area contributed by atoms with Crippen molar-refractivity contribution in [2.24, 2.45) is 11.8 Å². The SMILES string of the molecule is CCOc1ccc(CCC2CCN(C(=O)CCC3CCNCC3)CC2)cc1.Cl. The lowest BCUT2D eigenvalue weighted by atomic mass is 9.89. The summed E-state index contributed by atoms with van der Waals surface area (Å²) in [6.07, 6.45) is 8.99. The minimum absolute atomic E-state index is 0. The molecule has 2 aliphatic heterocycles. The maximum absolute atomic E-state index is 12.5. The van der Waals surface area contributed by atoms with Crippen LogP contribution in [-0.2, 0) is 11.2 Å². The summed E-state index contributed by atoms with van der Waals surface area (Å²) in [7, 11) is 0. The van der Waals surface area contributed by atoms with Crippen LogP contribution >= 0.6 is 12.4 Å². The van der Waals surface area contributed by atoms with Crippen molar-refractivity contribution in [3.05, 3.63) is 29.8 Å². The zero-order chi connectivity index (χ0) is 18.9. The number of ether oxygens (including phenoxy) is 1. The number of rotatable bonds is 8. The zero-order valence-corrected chi connectivity index (χ0v) is 18.1. The van der Waals surface area contributed by atoms with Gasteiger partial charge in [0.2, 0.25) is 5.91 Å². The lowest BCUT2D eigenvalue weighted by Crippen LogP contribution is -2.39. The molecule has 2 heterocycles. The van der Waals surface area contributed by atoms with E-state index in [2.05, 4.69) is 34.5 Å². The number of piperidine rings is 2. The molecular weight excluding hydrogens is 372 g/mol. The van der Waals surface area contributed by atoms with E-state index in [1.807, 2.05) is 6.92 Å². The number of amides is 1. The highest BCUT2D eigenvalue weighted by Crippen LogP contribution is 2.25. The van der Waals surface area contributed by atoms with Gasteiger partial charge in [0.1, 0.15) is 5.75 Å². The van der Waals surface area contributed by atoms with Gasteiger partial charge in [0.05, 0.1) is 6.61 Å². The highest BCUT2D eigenvalue weighted by molar-refractivity contribution is 5.85. The monoisotopic (exact) mass is 408 g/mol. The van der Waals surface area contributed by atoms with E-state index in [4.69, 9.17) is 4.74 Å². The van der Waals surface area contributed by atoms with Gasteiger partial charge in [-0.2, -0.15) is 0 Å². The molecule has 158 valence electrons. The maximum atomic E-state index is 12.5. The number of benzene rings is 1. The van der Waals surface area contributed by atoms with Crippen LogP contribution in [0.4, 0.5) is 0 Å². The molecule has 4 nitrogen and oxygen atoms in total. The van der Waals surface area contributed by atoms with Gasteiger partial charge in [0.25, 0.3) is 0 Å². The van der Waals surface area contributed by atoms with E-state index in [0.29, 0.717) is 12.5 Å². The van der Waals surface area contributed by atoms with Crippen molar-refractivity contribution in [2.45, 2.75) is 58.3 Å². The number of nitrogens with zero attached hydrogens (tertiary/aromatic N) is 1. The first kappa shape index (κ1) is 23.0. The van der Waals surface area contributed by atoms with Crippen molar-refractivity contribution in [2.75, 3.05) is 32.8 Å². The molecule has 2 aliphatic rings. The summed E-state index contributed by atoms with van der Waals surface area (Å²) in [5, 5.41) is 3.40. The normalized spacial score (nSPS) is 18.5. The molecule has 28 heavy (non-hydrogen) atoms. The van der Waals surface area contributed by atoms with E-state index >= 15 is 0 Å². The molecule has 5 heteroatoms. The lowest BCUT2D eigenvalue weighted by molar-refractivity contribution is -0.133. The van der Waals surface area contributed by atoms with Crippen LogP contribution < -0.4 is 10.1 Å². The third-order valence-electron chi connectivity index (χ3n) is 6.27. The molecule has 3 rings (SSSR count). The predicted molar refractivity (Wildman–Crippen MR) is 117 cm³/mol. The maximum Gasteiger partial charge on any atom is 0.222 e. The van der Waals surface area contributed by atoms with Crippen molar-refractivity contribution in [1.29, 1.82) is 0 Å². The van der Waals surface area contributed by atoms with Gasteiger partial charge in [0.15, 0.2) is 0 Å². The molecule has 0 saturated carbocycles. The Morgan fingerprint density at radius 2 is 1.68 bits per heavy atom. The van der Waals surface area contributed by atoms with Crippen molar-refractivity contribution in [1.82, 2.24) is 10.2 Å². The van der Waals surface area contributed by atoms with Crippen molar-refractivity contribution < 1.29 is 9.53 Å². The van der Waals surface area contributed by atoms with Crippen LogP contribution in [0.3, 0.4) is 0 Å². The zero-order valence-electron chi connectivity index (χ0n) is 17.3. The summed E-state index contributed by atoms with van der Waals surface area (Å²) in [4.78, 5) is 14.6. The second-order valence-corrected chi connectivity index (χ2v) is 8.17. The molecule has 0 spiro atoms. The van der Waals surface area contributed by atoms with Gasteiger partial charge in [-0.1, -0.05) is 12.1 Å². The number of nitrogens with one attached hydrogen (secondary N) is 1. The van der Waals surface area contributed by atoms with Gasteiger partial charge in [-0.05, 0) is 94.5 Å². The Balaban J connectivity index is 0.00000280. The fourth-order valence-electron chi connectivity index (χ4n) is 4.42. The Bertz CT molecular complexity index is 564. The topological polar surface area (TPSA) is 41.6 Å². The van der Waals surface area contributed by atoms with Crippen LogP contribution in [0.2, 0.25) is 0 Å². The van der Waals surface area contributed by atoms with Gasteiger partial charge >= 0.3 is 0 Å². The fourth-order valence-corrected chi connectivity index (χ4v) is 4.42. The minimum Gasteiger partial charge on any atom is -0.494 e. The van der Waals surface area contributed by atoms with Gasteiger partial charge in [-0.25, -0.2) is 0 Å². The highest BCUT2D eigenvalue weighted by atomic mass is 35.5. The summed E-state index contributed by atoms with van der Waals surface area (Å²) in [5.74, 6) is 2.85. The Morgan fingerprint density at radius 1 is 1.04 bits per heavy atom. The van der Waals surface area contributed by atoms with Crippen LogP contribution in [0, 0.1) is 11.8 Å². The third kappa shape index (κ3) is 7.29. The van der Waals surface area contributed by atoms with Crippen LogP contribution in [0.1, 0.15) is 57.4 Å². The average Bonchev–Trinajstić information content (AvgIpc) is 2.73. The summed E-state index contributed by atoms with van der Waals surface area (Å²) in [6.45, 7) is 6.89. The third-order valence-corrected chi connectivity index (χ3v) is 6.27. The molecular formula is C23H37ClN2O2. The van der Waals surface area contributed by atoms with Crippen molar-refractivity contribution in [3.8, 4) is 5.75 Å². The molecule has 0 aromatic heterocycles. The lowest BCUT2D eigenvalue weighted by Gasteiger charge is -2.32. The number of likely N-dealkylation sites (tertiary alicyclic amines) is 1. The Kier molecular flexibility index (Phi) is 10.1. The number of carbonyl (C=O) groups is 1. The van der Waals surface area contributed by atoms with Crippen molar-refractivity contribution >= 4 is 18.3 Å². The number of hydrogen-bond donors (Lipinski definition) is 1. The second-order valence-electron chi connectivity index (χ2n) is 8.17. The molecule has 0 radical (unpaired) electrons. The van der Waals surface area contributed by atoms with Gasteiger partial charge < -0.3 is 15.0 Å². The van der Waals surface area contributed by atoms with E-state index in [1.165, 1.54) is 24.8 Å². The minimum atomic E-state index is 0. The van der Waals surface area contributed by atoms with Gasteiger partial charge in [-0.3, -0.25) is 4.79 Å². The number of carbonyl (C=O) groups excluding carboxylic acids is 1. The second kappa shape index (κ2) is 12.3. The van der Waals surface area contributed by atoms with Crippen LogP contribution in [0.5, 0.6) is 5.75 Å². The molecule has 1 N–H and O–H groups in total. The van der Waals surface area contributed by atoms with Gasteiger partial charge in [-0.15, -0.1) is 12.4 Å².